The van der Waals surface area contributed by atoms with Gasteiger partial charge < -0.3 is 14.6 Å². The molecule has 2 aromatic rings. The highest BCUT2D eigenvalue weighted by atomic mass is 16.6. The van der Waals surface area contributed by atoms with Crippen LogP contribution in [0.2, 0.25) is 0 Å². The lowest BCUT2D eigenvalue weighted by atomic mass is 9.82. The van der Waals surface area contributed by atoms with Crippen molar-refractivity contribution in [3.05, 3.63) is 71.3 Å². The second-order valence-electron chi connectivity index (χ2n) is 8.32. The summed E-state index contributed by atoms with van der Waals surface area (Å²) in [5.74, 6) is 0.507. The number of ether oxygens (including phenoxy) is 2. The Kier molecular flexibility index (Phi) is 9.06. The number of benzene rings is 2. The molecule has 2 atom stereocenters. The molecule has 0 amide bonds. The molecule has 5 heteroatoms. The van der Waals surface area contributed by atoms with Crippen molar-refractivity contribution in [1.82, 2.24) is 0 Å². The van der Waals surface area contributed by atoms with Crippen molar-refractivity contribution < 1.29 is 24.2 Å². The minimum Gasteiger partial charge on any atom is -0.459 e. The Morgan fingerprint density at radius 3 is 1.77 bits per heavy atom. The minimum absolute atomic E-state index is 0.245. The van der Waals surface area contributed by atoms with Crippen molar-refractivity contribution in [3.63, 3.8) is 0 Å². The Bertz CT molecular complexity index is 796. The minimum atomic E-state index is -1.09. The molecule has 0 spiro atoms. The Morgan fingerprint density at radius 2 is 1.30 bits per heavy atom. The Morgan fingerprint density at radius 1 is 0.800 bits per heavy atom. The van der Waals surface area contributed by atoms with Crippen LogP contribution in [0.3, 0.4) is 0 Å². The molecule has 162 valence electrons. The highest BCUT2D eigenvalue weighted by Crippen LogP contribution is 2.31. The van der Waals surface area contributed by atoms with Crippen LogP contribution in [0.1, 0.15) is 66.3 Å². The van der Waals surface area contributed by atoms with Crippen molar-refractivity contribution in [1.29, 1.82) is 0 Å². The number of esters is 2. The monoisotopic (exact) mass is 412 g/mol. The molecule has 0 aromatic heterocycles. The molecule has 0 aliphatic rings. The molecule has 0 saturated carbocycles. The number of aliphatic hydroxyl groups is 1. The predicted molar refractivity (Wildman–Crippen MR) is 116 cm³/mol. The molecule has 2 rings (SSSR count). The molecular weight excluding hydrogens is 380 g/mol. The van der Waals surface area contributed by atoms with Crippen molar-refractivity contribution in [3.8, 4) is 0 Å². The number of rotatable bonds is 10. The second-order valence-corrected chi connectivity index (χ2v) is 8.32. The summed E-state index contributed by atoms with van der Waals surface area (Å²) in [6, 6.07) is 16.0. The van der Waals surface area contributed by atoms with E-state index < -0.39 is 18.0 Å². The number of hydrogen-bond acceptors (Lipinski definition) is 5. The van der Waals surface area contributed by atoms with Gasteiger partial charge in [-0.2, -0.15) is 0 Å². The van der Waals surface area contributed by atoms with Crippen LogP contribution in [0.25, 0.3) is 0 Å². The molecule has 1 N–H and O–H groups in total. The van der Waals surface area contributed by atoms with Gasteiger partial charge in [-0.1, -0.05) is 58.0 Å². The Labute approximate surface area is 179 Å². The van der Waals surface area contributed by atoms with Gasteiger partial charge in [-0.15, -0.1) is 0 Å². The van der Waals surface area contributed by atoms with Crippen molar-refractivity contribution >= 4 is 11.9 Å². The molecule has 0 bridgehead atoms. The van der Waals surface area contributed by atoms with E-state index in [2.05, 4.69) is 27.7 Å². The van der Waals surface area contributed by atoms with E-state index in [1.807, 2.05) is 12.1 Å². The van der Waals surface area contributed by atoms with Gasteiger partial charge in [-0.3, -0.25) is 0 Å². The summed E-state index contributed by atoms with van der Waals surface area (Å²) in [5.41, 5.74) is 2.04. The molecule has 0 fully saturated rings. The average Bonchev–Trinajstić information content (AvgIpc) is 2.74. The van der Waals surface area contributed by atoms with Gasteiger partial charge >= 0.3 is 11.9 Å². The fourth-order valence-electron chi connectivity index (χ4n) is 3.30. The maximum absolute atomic E-state index is 12.3. The zero-order valence-corrected chi connectivity index (χ0v) is 18.2. The lowest BCUT2D eigenvalue weighted by Crippen LogP contribution is -2.25. The Hall–Kier alpha value is -2.66. The predicted octanol–water partition coefficient (Wildman–Crippen LogP) is 4.85. The number of carbonyl (C=O) groups excluding carboxylic acids is 2. The van der Waals surface area contributed by atoms with Crippen molar-refractivity contribution in [2.45, 2.75) is 46.1 Å². The van der Waals surface area contributed by atoms with E-state index in [9.17, 15) is 14.7 Å². The fourth-order valence-corrected chi connectivity index (χ4v) is 3.30. The summed E-state index contributed by atoms with van der Waals surface area (Å²) >= 11 is 0. The normalized spacial score (nSPS) is 13.2. The summed E-state index contributed by atoms with van der Waals surface area (Å²) in [7, 11) is 0. The topological polar surface area (TPSA) is 72.8 Å². The molecule has 0 aliphatic heterocycles. The smallest absolute Gasteiger partial charge is 0.338 e. The molecule has 0 saturated heterocycles. The van der Waals surface area contributed by atoms with Gasteiger partial charge in [0, 0.05) is 0 Å². The number of carbonyl (C=O) groups is 2. The quantitative estimate of drug-likeness (QED) is 0.565. The first-order valence-electron chi connectivity index (χ1n) is 10.4. The molecular formula is C25H32O5. The van der Waals surface area contributed by atoms with Crippen LogP contribution in [0, 0.1) is 11.8 Å². The maximum atomic E-state index is 12.3. The zero-order chi connectivity index (χ0) is 22.1. The Balaban J connectivity index is 1.83. The summed E-state index contributed by atoms with van der Waals surface area (Å²) in [6.07, 6.45) is 0.00673. The third kappa shape index (κ3) is 7.30. The van der Waals surface area contributed by atoms with Crippen LogP contribution >= 0.6 is 0 Å². The van der Waals surface area contributed by atoms with E-state index in [0.29, 0.717) is 28.9 Å². The molecule has 5 nitrogen and oxygen atoms in total. The molecule has 0 aliphatic carbocycles. The van der Waals surface area contributed by atoms with E-state index in [-0.39, 0.29) is 13.2 Å². The summed E-state index contributed by atoms with van der Waals surface area (Å²) in [5, 5.41) is 9.95. The highest BCUT2D eigenvalue weighted by molar-refractivity contribution is 5.90. The van der Waals surface area contributed by atoms with E-state index in [0.717, 1.165) is 6.42 Å². The van der Waals surface area contributed by atoms with Crippen molar-refractivity contribution in [2.24, 2.45) is 11.8 Å². The first-order valence-corrected chi connectivity index (χ1v) is 10.4. The maximum Gasteiger partial charge on any atom is 0.338 e. The standard InChI is InChI=1S/C25H32O5/c1-17(2)14-23(18(3)4)19-10-12-21(13-11-19)25(28)30-16-22(26)15-29-24(27)20-8-6-5-7-9-20/h5-13,17-18,22-23,26H,14-16H2,1-4H3. The van der Waals surface area contributed by atoms with Crippen LogP contribution in [0.5, 0.6) is 0 Å². The number of aliphatic hydroxyl groups excluding tert-OH is 1. The van der Waals surface area contributed by atoms with Crippen LogP contribution < -0.4 is 0 Å². The highest BCUT2D eigenvalue weighted by Gasteiger charge is 2.19. The lowest BCUT2D eigenvalue weighted by Gasteiger charge is -2.23. The van der Waals surface area contributed by atoms with Gasteiger partial charge in [0.1, 0.15) is 19.3 Å². The van der Waals surface area contributed by atoms with E-state index in [1.165, 1.54) is 5.56 Å². The van der Waals surface area contributed by atoms with Crippen LogP contribution in [-0.4, -0.2) is 36.4 Å². The summed E-state index contributed by atoms with van der Waals surface area (Å²) in [6.45, 7) is 8.35. The van der Waals surface area contributed by atoms with E-state index >= 15 is 0 Å². The third-order valence-corrected chi connectivity index (χ3v) is 4.93. The fraction of sp³-hybridized carbons (Fsp3) is 0.440. The van der Waals surface area contributed by atoms with Crippen LogP contribution in [0.15, 0.2) is 54.6 Å². The molecule has 2 unspecified atom stereocenters. The second kappa shape index (κ2) is 11.5. The first kappa shape index (κ1) is 23.6. The SMILES string of the molecule is CC(C)CC(c1ccc(C(=O)OCC(O)COC(=O)c2ccccc2)cc1)C(C)C. The summed E-state index contributed by atoms with van der Waals surface area (Å²) < 4.78 is 10.2. The number of hydrogen-bond donors (Lipinski definition) is 1. The van der Waals surface area contributed by atoms with E-state index in [1.54, 1.807) is 42.5 Å². The van der Waals surface area contributed by atoms with Gasteiger partial charge in [0.05, 0.1) is 11.1 Å². The lowest BCUT2D eigenvalue weighted by molar-refractivity contribution is -0.00469. The van der Waals surface area contributed by atoms with Crippen LogP contribution in [0.4, 0.5) is 0 Å². The molecule has 0 radical (unpaired) electrons. The third-order valence-electron chi connectivity index (χ3n) is 4.93. The molecule has 30 heavy (non-hydrogen) atoms. The van der Waals surface area contributed by atoms with Crippen LogP contribution in [-0.2, 0) is 9.47 Å². The van der Waals surface area contributed by atoms with Gasteiger partial charge in [-0.25, -0.2) is 9.59 Å². The average molecular weight is 413 g/mol. The van der Waals surface area contributed by atoms with E-state index in [4.69, 9.17) is 9.47 Å². The zero-order valence-electron chi connectivity index (χ0n) is 18.2. The van der Waals surface area contributed by atoms with Gasteiger partial charge in [-0.05, 0) is 54.0 Å². The summed E-state index contributed by atoms with van der Waals surface area (Å²) in [4.78, 5) is 24.1. The molecule has 2 aromatic carbocycles. The van der Waals surface area contributed by atoms with Gasteiger partial charge in [0.25, 0.3) is 0 Å². The van der Waals surface area contributed by atoms with Crippen molar-refractivity contribution in [2.75, 3.05) is 13.2 Å². The van der Waals surface area contributed by atoms with Gasteiger partial charge in [0.2, 0.25) is 0 Å². The molecule has 0 heterocycles. The largest absolute Gasteiger partial charge is 0.459 e. The first-order chi connectivity index (χ1) is 14.3. The van der Waals surface area contributed by atoms with Gasteiger partial charge in [0.15, 0.2) is 0 Å².